The maximum Gasteiger partial charge on any atom is 0.0112 e. The summed E-state index contributed by atoms with van der Waals surface area (Å²) in [5.74, 6) is 0. The molecule has 0 aromatic rings. The van der Waals surface area contributed by atoms with E-state index >= 15 is 0 Å². The first-order chi connectivity index (χ1) is 9.50. The molecule has 0 radical (unpaired) electrons. The Balaban J connectivity index is 0.000000327. The highest BCUT2D eigenvalue weighted by atomic mass is 15.3. The van der Waals surface area contributed by atoms with Crippen molar-refractivity contribution in [1.82, 2.24) is 14.7 Å². The Labute approximate surface area is 128 Å². The molecule has 0 saturated carbocycles. The van der Waals surface area contributed by atoms with Crippen molar-refractivity contribution in [3.8, 4) is 0 Å². The van der Waals surface area contributed by atoms with Gasteiger partial charge in [-0.2, -0.15) is 0 Å². The number of hydrogen-bond acceptors (Lipinski definition) is 3. The molecule has 0 N–H and O–H groups in total. The van der Waals surface area contributed by atoms with Crippen LogP contribution in [0.15, 0.2) is 0 Å². The summed E-state index contributed by atoms with van der Waals surface area (Å²) in [4.78, 5) is 7.44. The second kappa shape index (κ2) is 11.5. The molecule has 2 saturated heterocycles. The standard InChI is InChI=1S/C8H18N2.C7H15N.C2H6/c1-8(2)10-6-4-9(3)5-7-10;1-7(2)8-5-3-4-6-8;1-2/h8H,4-7H2,1-3H3;7H,3-6H2,1-2H3;1-2H3. The summed E-state index contributed by atoms with van der Waals surface area (Å²) >= 11 is 0. The lowest BCUT2D eigenvalue weighted by Gasteiger charge is -2.34. The molecule has 0 spiro atoms. The Bertz CT molecular complexity index is 202. The monoisotopic (exact) mass is 285 g/mol. The van der Waals surface area contributed by atoms with Gasteiger partial charge in [0.1, 0.15) is 0 Å². The molecular formula is C17H39N3. The van der Waals surface area contributed by atoms with Gasteiger partial charge in [-0.25, -0.2) is 0 Å². The van der Waals surface area contributed by atoms with Crippen LogP contribution in [0.25, 0.3) is 0 Å². The highest BCUT2D eigenvalue weighted by molar-refractivity contribution is 4.71. The van der Waals surface area contributed by atoms with E-state index in [0.29, 0.717) is 0 Å². The van der Waals surface area contributed by atoms with Crippen LogP contribution < -0.4 is 0 Å². The smallest absolute Gasteiger partial charge is 0.0112 e. The Kier molecular flexibility index (Phi) is 11.5. The third-order valence-corrected chi connectivity index (χ3v) is 4.14. The van der Waals surface area contributed by atoms with E-state index in [-0.39, 0.29) is 0 Å². The fourth-order valence-corrected chi connectivity index (χ4v) is 2.60. The van der Waals surface area contributed by atoms with Crippen molar-refractivity contribution in [2.24, 2.45) is 0 Å². The Morgan fingerprint density at radius 1 is 0.600 bits per heavy atom. The van der Waals surface area contributed by atoms with E-state index in [1.807, 2.05) is 13.8 Å². The summed E-state index contributed by atoms with van der Waals surface area (Å²) in [6.07, 6.45) is 2.83. The third kappa shape index (κ3) is 8.23. The maximum absolute atomic E-state index is 2.53. The Morgan fingerprint density at radius 2 is 0.950 bits per heavy atom. The lowest BCUT2D eigenvalue weighted by atomic mass is 10.2. The van der Waals surface area contributed by atoms with Gasteiger partial charge in [0.15, 0.2) is 0 Å². The van der Waals surface area contributed by atoms with E-state index in [2.05, 4.69) is 49.4 Å². The van der Waals surface area contributed by atoms with Crippen LogP contribution in [-0.4, -0.2) is 73.1 Å². The molecule has 2 heterocycles. The Hall–Kier alpha value is -0.120. The van der Waals surface area contributed by atoms with Crippen molar-refractivity contribution in [3.63, 3.8) is 0 Å². The fraction of sp³-hybridized carbons (Fsp3) is 1.00. The zero-order valence-corrected chi connectivity index (χ0v) is 15.2. The van der Waals surface area contributed by atoms with Crippen LogP contribution in [-0.2, 0) is 0 Å². The largest absolute Gasteiger partial charge is 0.304 e. The maximum atomic E-state index is 2.53. The minimum atomic E-state index is 0.730. The van der Waals surface area contributed by atoms with Crippen molar-refractivity contribution in [2.45, 2.75) is 66.5 Å². The number of likely N-dealkylation sites (tertiary alicyclic amines) is 1. The molecule has 3 nitrogen and oxygen atoms in total. The topological polar surface area (TPSA) is 9.72 Å². The molecule has 2 aliphatic rings. The first-order valence-electron chi connectivity index (χ1n) is 8.67. The molecule has 0 atom stereocenters. The summed E-state index contributed by atoms with van der Waals surface area (Å²) in [6.45, 7) is 20.7. The second-order valence-electron chi connectivity index (χ2n) is 6.27. The van der Waals surface area contributed by atoms with Gasteiger partial charge in [-0.1, -0.05) is 13.8 Å². The van der Waals surface area contributed by atoms with Crippen molar-refractivity contribution < 1.29 is 0 Å². The molecule has 0 aromatic heterocycles. The van der Waals surface area contributed by atoms with E-state index in [1.54, 1.807) is 0 Å². The van der Waals surface area contributed by atoms with Gasteiger partial charge in [-0.15, -0.1) is 0 Å². The predicted octanol–water partition coefficient (Wildman–Crippen LogP) is 3.16. The first kappa shape index (κ1) is 19.9. The van der Waals surface area contributed by atoms with Crippen LogP contribution >= 0.6 is 0 Å². The van der Waals surface area contributed by atoms with Crippen molar-refractivity contribution in [1.29, 1.82) is 0 Å². The number of rotatable bonds is 2. The lowest BCUT2D eigenvalue weighted by molar-refractivity contribution is 0.126. The SMILES string of the molecule is CC.CC(C)N1CCCC1.CC(C)N1CCN(C)CC1. The average molecular weight is 286 g/mol. The average Bonchev–Trinajstić information content (AvgIpc) is 2.96. The molecule has 0 aliphatic carbocycles. The van der Waals surface area contributed by atoms with E-state index in [4.69, 9.17) is 0 Å². The van der Waals surface area contributed by atoms with E-state index in [9.17, 15) is 0 Å². The van der Waals surface area contributed by atoms with Crippen molar-refractivity contribution in [2.75, 3.05) is 46.3 Å². The van der Waals surface area contributed by atoms with Crippen LogP contribution in [0, 0.1) is 0 Å². The lowest BCUT2D eigenvalue weighted by Crippen LogP contribution is -2.47. The molecule has 20 heavy (non-hydrogen) atoms. The van der Waals surface area contributed by atoms with Gasteiger partial charge in [-0.05, 0) is 60.7 Å². The molecule has 2 fully saturated rings. The molecule has 0 amide bonds. The van der Waals surface area contributed by atoms with Crippen LogP contribution in [0.2, 0.25) is 0 Å². The first-order valence-corrected chi connectivity index (χ1v) is 8.67. The van der Waals surface area contributed by atoms with Crippen molar-refractivity contribution >= 4 is 0 Å². The molecule has 0 unspecified atom stereocenters. The van der Waals surface area contributed by atoms with Gasteiger partial charge < -0.3 is 9.80 Å². The molecule has 3 heteroatoms. The van der Waals surface area contributed by atoms with Gasteiger partial charge in [0.2, 0.25) is 0 Å². The quantitative estimate of drug-likeness (QED) is 0.771. The number of piperazine rings is 1. The van der Waals surface area contributed by atoms with Crippen LogP contribution in [0.1, 0.15) is 54.4 Å². The zero-order valence-electron chi connectivity index (χ0n) is 15.2. The summed E-state index contributed by atoms with van der Waals surface area (Å²) < 4.78 is 0. The number of likely N-dealkylation sites (N-methyl/N-ethyl adjacent to an activating group) is 1. The zero-order chi connectivity index (χ0) is 15.5. The molecule has 0 aromatic carbocycles. The third-order valence-electron chi connectivity index (χ3n) is 4.14. The highest BCUT2D eigenvalue weighted by Crippen LogP contribution is 2.09. The van der Waals surface area contributed by atoms with Gasteiger partial charge >= 0.3 is 0 Å². The van der Waals surface area contributed by atoms with Crippen LogP contribution in [0.4, 0.5) is 0 Å². The van der Waals surface area contributed by atoms with Crippen LogP contribution in [0.3, 0.4) is 0 Å². The van der Waals surface area contributed by atoms with E-state index in [0.717, 1.165) is 12.1 Å². The minimum Gasteiger partial charge on any atom is -0.304 e. The van der Waals surface area contributed by atoms with Crippen molar-refractivity contribution in [3.05, 3.63) is 0 Å². The van der Waals surface area contributed by atoms with Gasteiger partial charge in [0.05, 0.1) is 0 Å². The fourth-order valence-electron chi connectivity index (χ4n) is 2.60. The second-order valence-corrected chi connectivity index (χ2v) is 6.27. The van der Waals surface area contributed by atoms with Gasteiger partial charge in [0.25, 0.3) is 0 Å². The number of nitrogens with zero attached hydrogens (tertiary/aromatic N) is 3. The molecule has 2 rings (SSSR count). The number of hydrogen-bond donors (Lipinski definition) is 0. The summed E-state index contributed by atoms with van der Waals surface area (Å²) in [6, 6.07) is 1.51. The van der Waals surface area contributed by atoms with Gasteiger partial charge in [-0.3, -0.25) is 4.90 Å². The minimum absolute atomic E-state index is 0.730. The summed E-state index contributed by atoms with van der Waals surface area (Å²) in [7, 11) is 2.19. The molecule has 2 aliphatic heterocycles. The summed E-state index contributed by atoms with van der Waals surface area (Å²) in [5, 5.41) is 0. The molecule has 122 valence electrons. The van der Waals surface area contributed by atoms with Gasteiger partial charge in [0, 0.05) is 38.3 Å². The molecular weight excluding hydrogens is 246 g/mol. The molecule has 0 bridgehead atoms. The highest BCUT2D eigenvalue weighted by Gasteiger charge is 2.15. The van der Waals surface area contributed by atoms with E-state index in [1.165, 1.54) is 52.1 Å². The summed E-state index contributed by atoms with van der Waals surface area (Å²) in [5.41, 5.74) is 0. The van der Waals surface area contributed by atoms with E-state index < -0.39 is 0 Å². The van der Waals surface area contributed by atoms with Crippen LogP contribution in [0.5, 0.6) is 0 Å². The normalized spacial score (nSPS) is 21.4. The Morgan fingerprint density at radius 3 is 1.25 bits per heavy atom. The predicted molar refractivity (Wildman–Crippen MR) is 91.5 cm³/mol.